The Hall–Kier alpha value is -0.580. The Kier molecular flexibility index (Phi) is 5.08. The number of thioether (sulfide) groups is 1. The normalized spacial score (nSPS) is 12.8. The number of hydrogen-bond donors (Lipinski definition) is 2. The highest BCUT2D eigenvalue weighted by Gasteiger charge is 2.04. The van der Waals surface area contributed by atoms with Crippen LogP contribution in [0.3, 0.4) is 0 Å². The van der Waals surface area contributed by atoms with Crippen LogP contribution >= 0.6 is 11.8 Å². The number of aryl methyl sites for hydroxylation is 1. The molecule has 2 N–H and O–H groups in total. The third-order valence-corrected chi connectivity index (χ3v) is 3.15. The molecule has 0 aliphatic heterocycles. The first-order valence-corrected chi connectivity index (χ1v) is 5.83. The van der Waals surface area contributed by atoms with Crippen molar-refractivity contribution in [3.05, 3.63) is 29.6 Å². The number of nitrogens with one attached hydrogen (secondary N) is 1. The van der Waals surface area contributed by atoms with Gasteiger partial charge in [0, 0.05) is 17.2 Å². The van der Waals surface area contributed by atoms with Crippen LogP contribution in [-0.4, -0.2) is 30.6 Å². The van der Waals surface area contributed by atoms with Crippen molar-refractivity contribution in [2.24, 2.45) is 0 Å². The van der Waals surface area contributed by atoms with Gasteiger partial charge in [0.25, 0.3) is 0 Å². The van der Waals surface area contributed by atoms with Crippen LogP contribution in [0.4, 0.5) is 4.39 Å². The van der Waals surface area contributed by atoms with Gasteiger partial charge in [-0.25, -0.2) is 4.39 Å². The van der Waals surface area contributed by atoms with E-state index in [-0.39, 0.29) is 11.9 Å². The number of rotatable bonds is 5. The van der Waals surface area contributed by atoms with E-state index in [2.05, 4.69) is 5.32 Å². The van der Waals surface area contributed by atoms with E-state index in [0.29, 0.717) is 17.9 Å². The van der Waals surface area contributed by atoms with Gasteiger partial charge in [0.15, 0.2) is 0 Å². The number of likely N-dealkylation sites (N-methyl/N-ethyl adjacent to an activating group) is 1. The Bertz CT molecular complexity index is 319. The van der Waals surface area contributed by atoms with Crippen molar-refractivity contribution < 1.29 is 9.50 Å². The molecule has 4 heteroatoms. The van der Waals surface area contributed by atoms with Crippen LogP contribution in [-0.2, 0) is 0 Å². The van der Waals surface area contributed by atoms with E-state index in [0.717, 1.165) is 4.90 Å². The topological polar surface area (TPSA) is 32.3 Å². The minimum absolute atomic E-state index is 0.185. The molecule has 0 amide bonds. The molecule has 2 nitrogen and oxygen atoms in total. The summed E-state index contributed by atoms with van der Waals surface area (Å²) in [5.41, 5.74) is 0.642. The molecule has 0 saturated carbocycles. The van der Waals surface area contributed by atoms with E-state index >= 15 is 0 Å². The maximum absolute atomic E-state index is 12.9. The average molecular weight is 229 g/mol. The second-order valence-electron chi connectivity index (χ2n) is 3.43. The lowest BCUT2D eigenvalue weighted by Crippen LogP contribution is -2.25. The summed E-state index contributed by atoms with van der Waals surface area (Å²) in [6, 6.07) is 4.99. The number of halogens is 1. The number of aliphatic hydroxyl groups excluding tert-OH is 1. The molecule has 0 bridgehead atoms. The summed E-state index contributed by atoms with van der Waals surface area (Å²) >= 11 is 1.53. The Morgan fingerprint density at radius 1 is 1.53 bits per heavy atom. The second-order valence-corrected chi connectivity index (χ2v) is 4.53. The SMILES string of the molecule is CNCC(O)CSc1ccc(F)c(C)c1. The van der Waals surface area contributed by atoms with Crippen molar-refractivity contribution in [2.45, 2.75) is 17.9 Å². The van der Waals surface area contributed by atoms with Crippen molar-refractivity contribution in [1.82, 2.24) is 5.32 Å². The smallest absolute Gasteiger partial charge is 0.126 e. The van der Waals surface area contributed by atoms with Gasteiger partial charge in [-0.1, -0.05) is 0 Å². The summed E-state index contributed by atoms with van der Waals surface area (Å²) < 4.78 is 12.9. The van der Waals surface area contributed by atoms with Crippen LogP contribution in [0.5, 0.6) is 0 Å². The molecular formula is C11H16FNOS. The third kappa shape index (κ3) is 4.20. The molecule has 0 aromatic heterocycles. The first kappa shape index (κ1) is 12.5. The van der Waals surface area contributed by atoms with Crippen molar-refractivity contribution in [1.29, 1.82) is 0 Å². The first-order chi connectivity index (χ1) is 7.13. The van der Waals surface area contributed by atoms with Gasteiger partial charge in [0.1, 0.15) is 5.82 Å². The van der Waals surface area contributed by atoms with E-state index in [4.69, 9.17) is 0 Å². The van der Waals surface area contributed by atoms with Gasteiger partial charge in [0.2, 0.25) is 0 Å². The molecule has 15 heavy (non-hydrogen) atoms. The van der Waals surface area contributed by atoms with Crippen molar-refractivity contribution in [3.63, 3.8) is 0 Å². The summed E-state index contributed by atoms with van der Waals surface area (Å²) in [5.74, 6) is 0.432. The molecule has 84 valence electrons. The Balaban J connectivity index is 2.47. The Labute approximate surface area is 93.9 Å². The maximum atomic E-state index is 12.9. The molecule has 1 atom stereocenters. The van der Waals surface area contributed by atoms with Crippen LogP contribution in [0, 0.1) is 12.7 Å². The minimum Gasteiger partial charge on any atom is -0.391 e. The largest absolute Gasteiger partial charge is 0.391 e. The zero-order chi connectivity index (χ0) is 11.3. The highest BCUT2D eigenvalue weighted by molar-refractivity contribution is 7.99. The molecule has 0 radical (unpaired) electrons. The molecular weight excluding hydrogens is 213 g/mol. The highest BCUT2D eigenvalue weighted by Crippen LogP contribution is 2.21. The summed E-state index contributed by atoms with van der Waals surface area (Å²) in [7, 11) is 1.80. The number of hydrogen-bond acceptors (Lipinski definition) is 3. The Morgan fingerprint density at radius 2 is 2.27 bits per heavy atom. The van der Waals surface area contributed by atoms with Gasteiger partial charge in [-0.05, 0) is 37.7 Å². The number of aliphatic hydroxyl groups is 1. The molecule has 0 aliphatic rings. The molecule has 0 aliphatic carbocycles. The lowest BCUT2D eigenvalue weighted by atomic mass is 10.2. The fourth-order valence-electron chi connectivity index (χ4n) is 1.19. The molecule has 0 spiro atoms. The lowest BCUT2D eigenvalue weighted by Gasteiger charge is -2.09. The molecule has 0 saturated heterocycles. The fraction of sp³-hybridized carbons (Fsp3) is 0.455. The van der Waals surface area contributed by atoms with Crippen molar-refractivity contribution in [2.75, 3.05) is 19.3 Å². The van der Waals surface area contributed by atoms with Crippen LogP contribution in [0.15, 0.2) is 23.1 Å². The lowest BCUT2D eigenvalue weighted by molar-refractivity contribution is 0.199. The van der Waals surface area contributed by atoms with Gasteiger partial charge in [-0.3, -0.25) is 0 Å². The summed E-state index contributed by atoms with van der Waals surface area (Å²) in [4.78, 5) is 0.990. The van der Waals surface area contributed by atoms with Crippen LogP contribution in [0.2, 0.25) is 0 Å². The van der Waals surface area contributed by atoms with E-state index in [1.165, 1.54) is 17.8 Å². The second kappa shape index (κ2) is 6.10. The fourth-order valence-corrected chi connectivity index (χ4v) is 2.12. The van der Waals surface area contributed by atoms with Crippen LogP contribution < -0.4 is 5.32 Å². The molecule has 1 aromatic rings. The zero-order valence-corrected chi connectivity index (χ0v) is 9.77. The Morgan fingerprint density at radius 3 is 2.87 bits per heavy atom. The van der Waals surface area contributed by atoms with Gasteiger partial charge in [0.05, 0.1) is 6.10 Å². The van der Waals surface area contributed by atoms with Crippen molar-refractivity contribution in [3.8, 4) is 0 Å². The van der Waals surface area contributed by atoms with Gasteiger partial charge in [-0.15, -0.1) is 11.8 Å². The molecule has 1 rings (SSSR count). The predicted octanol–water partition coefficient (Wildman–Crippen LogP) is 1.81. The monoisotopic (exact) mass is 229 g/mol. The van der Waals surface area contributed by atoms with Gasteiger partial charge < -0.3 is 10.4 Å². The van der Waals surface area contributed by atoms with Gasteiger partial charge in [-0.2, -0.15) is 0 Å². The minimum atomic E-state index is -0.370. The predicted molar refractivity (Wildman–Crippen MR) is 61.8 cm³/mol. The molecule has 1 unspecified atom stereocenters. The first-order valence-electron chi connectivity index (χ1n) is 4.85. The standard InChI is InChI=1S/C11H16FNOS/c1-8-5-10(3-4-11(8)12)15-7-9(14)6-13-2/h3-5,9,13-14H,6-7H2,1-2H3. The highest BCUT2D eigenvalue weighted by atomic mass is 32.2. The van der Waals surface area contributed by atoms with Crippen LogP contribution in [0.25, 0.3) is 0 Å². The quantitative estimate of drug-likeness (QED) is 0.755. The maximum Gasteiger partial charge on any atom is 0.126 e. The average Bonchev–Trinajstić information content (AvgIpc) is 2.20. The summed E-state index contributed by atoms with van der Waals surface area (Å²) in [6.07, 6.45) is -0.370. The summed E-state index contributed by atoms with van der Waals surface area (Å²) in [6.45, 7) is 2.32. The van der Waals surface area contributed by atoms with E-state index in [1.54, 1.807) is 26.1 Å². The summed E-state index contributed by atoms with van der Waals surface area (Å²) in [5, 5.41) is 12.4. The molecule has 1 aromatic carbocycles. The van der Waals surface area contributed by atoms with E-state index in [9.17, 15) is 9.50 Å². The number of benzene rings is 1. The van der Waals surface area contributed by atoms with Crippen LogP contribution in [0.1, 0.15) is 5.56 Å². The molecule has 0 heterocycles. The van der Waals surface area contributed by atoms with Crippen molar-refractivity contribution >= 4 is 11.8 Å². The van der Waals surface area contributed by atoms with Gasteiger partial charge >= 0.3 is 0 Å². The third-order valence-electron chi connectivity index (χ3n) is 2.01. The van der Waals surface area contributed by atoms with E-state index in [1.807, 2.05) is 0 Å². The zero-order valence-electron chi connectivity index (χ0n) is 8.96. The van der Waals surface area contributed by atoms with E-state index < -0.39 is 0 Å². The molecule has 0 fully saturated rings.